The number of rotatable bonds is 6. The van der Waals surface area contributed by atoms with Gasteiger partial charge in [-0.3, -0.25) is 0 Å². The van der Waals surface area contributed by atoms with Crippen molar-refractivity contribution in [3.63, 3.8) is 0 Å². The number of carbonyl (C=O) groups excluding carboxylic acids is 1. The summed E-state index contributed by atoms with van der Waals surface area (Å²) in [6, 6.07) is 9.56. The summed E-state index contributed by atoms with van der Waals surface area (Å²) in [5, 5.41) is 4.03. The van der Waals surface area contributed by atoms with E-state index in [1.54, 1.807) is 0 Å². The summed E-state index contributed by atoms with van der Waals surface area (Å²) in [7, 11) is 0. The predicted molar refractivity (Wildman–Crippen MR) is 79.7 cm³/mol. The Kier molecular flexibility index (Phi) is 5.24. The standard InChI is InChI=1S/C15H18N2O2S/c1-3-11(2)9-10-19-15(18)14-13(16-17-20-14)12-7-5-4-6-8-12/h4-8,11H,3,9-10H2,1-2H3/t11-/m1/s1. The topological polar surface area (TPSA) is 52.1 Å². The number of nitrogens with zero attached hydrogens (tertiary/aromatic N) is 2. The third kappa shape index (κ3) is 3.63. The second-order valence-electron chi connectivity index (χ2n) is 4.75. The highest BCUT2D eigenvalue weighted by atomic mass is 32.1. The maximum Gasteiger partial charge on any atom is 0.352 e. The summed E-state index contributed by atoms with van der Waals surface area (Å²) in [6.45, 7) is 4.73. The molecular formula is C15H18N2O2S. The Morgan fingerprint density at radius 3 is 2.80 bits per heavy atom. The zero-order chi connectivity index (χ0) is 14.4. The second kappa shape index (κ2) is 7.14. The van der Waals surface area contributed by atoms with Gasteiger partial charge in [-0.05, 0) is 23.9 Å². The molecule has 0 aliphatic rings. The van der Waals surface area contributed by atoms with Crippen LogP contribution in [0.1, 0.15) is 36.4 Å². The quantitative estimate of drug-likeness (QED) is 0.759. The Bertz CT molecular complexity index is 554. The van der Waals surface area contributed by atoms with Crippen molar-refractivity contribution in [3.8, 4) is 11.3 Å². The molecule has 0 fully saturated rings. The van der Waals surface area contributed by atoms with Crippen LogP contribution in [0.3, 0.4) is 0 Å². The van der Waals surface area contributed by atoms with Gasteiger partial charge < -0.3 is 4.74 Å². The van der Waals surface area contributed by atoms with Gasteiger partial charge in [0.25, 0.3) is 0 Å². The summed E-state index contributed by atoms with van der Waals surface area (Å²) < 4.78 is 9.18. The molecule has 1 aromatic heterocycles. The van der Waals surface area contributed by atoms with Gasteiger partial charge in [0.1, 0.15) is 5.69 Å². The van der Waals surface area contributed by atoms with Crippen LogP contribution in [0, 0.1) is 5.92 Å². The molecule has 0 unspecified atom stereocenters. The summed E-state index contributed by atoms with van der Waals surface area (Å²) in [6.07, 6.45) is 1.98. The van der Waals surface area contributed by atoms with E-state index in [0.717, 1.165) is 29.9 Å². The van der Waals surface area contributed by atoms with Gasteiger partial charge in [0, 0.05) is 5.56 Å². The number of hydrogen-bond donors (Lipinski definition) is 0. The molecule has 2 rings (SSSR count). The lowest BCUT2D eigenvalue weighted by molar-refractivity contribution is 0.0491. The minimum Gasteiger partial charge on any atom is -0.461 e. The van der Waals surface area contributed by atoms with Gasteiger partial charge in [0.2, 0.25) is 0 Å². The molecule has 5 heteroatoms. The molecular weight excluding hydrogens is 272 g/mol. The van der Waals surface area contributed by atoms with Gasteiger partial charge in [-0.2, -0.15) is 0 Å². The van der Waals surface area contributed by atoms with Gasteiger partial charge in [0.15, 0.2) is 4.88 Å². The molecule has 1 heterocycles. The molecule has 0 radical (unpaired) electrons. The number of hydrogen-bond acceptors (Lipinski definition) is 5. The maximum atomic E-state index is 12.1. The first-order valence-electron chi connectivity index (χ1n) is 6.77. The third-order valence-corrected chi connectivity index (χ3v) is 3.97. The Hall–Kier alpha value is -1.75. The fourth-order valence-electron chi connectivity index (χ4n) is 1.73. The number of benzene rings is 1. The molecule has 1 aromatic carbocycles. The fraction of sp³-hybridized carbons (Fsp3) is 0.400. The molecule has 0 spiro atoms. The van der Waals surface area contributed by atoms with Crippen molar-refractivity contribution in [1.29, 1.82) is 0 Å². The minimum atomic E-state index is -0.331. The number of esters is 1. The highest BCUT2D eigenvalue weighted by molar-refractivity contribution is 7.08. The average Bonchev–Trinajstić information content (AvgIpc) is 2.97. The maximum absolute atomic E-state index is 12.1. The molecule has 4 nitrogen and oxygen atoms in total. The summed E-state index contributed by atoms with van der Waals surface area (Å²) >= 11 is 1.08. The molecule has 0 saturated heterocycles. The third-order valence-electron chi connectivity index (χ3n) is 3.26. The fourth-order valence-corrected chi connectivity index (χ4v) is 2.31. The predicted octanol–water partition coefficient (Wildman–Crippen LogP) is 3.80. The van der Waals surface area contributed by atoms with Gasteiger partial charge in [-0.1, -0.05) is 55.1 Å². The summed E-state index contributed by atoms with van der Waals surface area (Å²) in [5.74, 6) is 0.234. The highest BCUT2D eigenvalue weighted by Gasteiger charge is 2.19. The molecule has 1 atom stereocenters. The zero-order valence-electron chi connectivity index (χ0n) is 11.7. The number of carbonyl (C=O) groups is 1. The average molecular weight is 290 g/mol. The van der Waals surface area contributed by atoms with Crippen molar-refractivity contribution in [2.45, 2.75) is 26.7 Å². The monoisotopic (exact) mass is 290 g/mol. The number of aromatic nitrogens is 2. The lowest BCUT2D eigenvalue weighted by atomic mass is 10.1. The van der Waals surface area contributed by atoms with E-state index in [2.05, 4.69) is 23.4 Å². The first kappa shape index (κ1) is 14.7. The molecule has 0 aliphatic heterocycles. The van der Waals surface area contributed by atoms with Crippen LogP contribution in [0.4, 0.5) is 0 Å². The first-order chi connectivity index (χ1) is 9.72. The Labute approximate surface area is 123 Å². The lowest BCUT2D eigenvalue weighted by Crippen LogP contribution is -2.08. The van der Waals surface area contributed by atoms with Crippen LogP contribution in [-0.4, -0.2) is 22.2 Å². The van der Waals surface area contributed by atoms with Crippen LogP contribution in [0.5, 0.6) is 0 Å². The van der Waals surface area contributed by atoms with E-state index < -0.39 is 0 Å². The highest BCUT2D eigenvalue weighted by Crippen LogP contribution is 2.24. The minimum absolute atomic E-state index is 0.331. The second-order valence-corrected chi connectivity index (χ2v) is 5.51. The molecule has 0 saturated carbocycles. The molecule has 106 valence electrons. The van der Waals surface area contributed by atoms with Crippen LogP contribution in [0.15, 0.2) is 30.3 Å². The largest absolute Gasteiger partial charge is 0.461 e. The van der Waals surface area contributed by atoms with E-state index in [-0.39, 0.29) is 5.97 Å². The van der Waals surface area contributed by atoms with Crippen molar-refractivity contribution in [3.05, 3.63) is 35.2 Å². The first-order valence-corrected chi connectivity index (χ1v) is 7.54. The molecule has 0 N–H and O–H groups in total. The van der Waals surface area contributed by atoms with Crippen LogP contribution in [0.2, 0.25) is 0 Å². The van der Waals surface area contributed by atoms with E-state index in [0.29, 0.717) is 23.1 Å². The van der Waals surface area contributed by atoms with Crippen molar-refractivity contribution in [2.75, 3.05) is 6.61 Å². The Morgan fingerprint density at radius 2 is 2.10 bits per heavy atom. The molecule has 2 aromatic rings. The summed E-state index contributed by atoms with van der Waals surface area (Å²) in [4.78, 5) is 12.6. The van der Waals surface area contributed by atoms with E-state index in [9.17, 15) is 4.79 Å². The van der Waals surface area contributed by atoms with Gasteiger partial charge in [-0.25, -0.2) is 4.79 Å². The van der Waals surface area contributed by atoms with Crippen LogP contribution < -0.4 is 0 Å². The lowest BCUT2D eigenvalue weighted by Gasteiger charge is -2.08. The molecule has 0 aliphatic carbocycles. The van der Waals surface area contributed by atoms with Crippen molar-refractivity contribution >= 4 is 17.5 Å². The van der Waals surface area contributed by atoms with Crippen LogP contribution >= 0.6 is 11.5 Å². The SMILES string of the molecule is CC[C@@H](C)CCOC(=O)c1snnc1-c1ccccc1. The van der Waals surface area contributed by atoms with Crippen molar-refractivity contribution in [1.82, 2.24) is 9.59 Å². The molecule has 0 amide bonds. The van der Waals surface area contributed by atoms with Gasteiger partial charge >= 0.3 is 5.97 Å². The number of ether oxygens (including phenoxy) is 1. The van der Waals surface area contributed by atoms with Gasteiger partial charge in [-0.15, -0.1) is 5.10 Å². The molecule has 20 heavy (non-hydrogen) atoms. The Morgan fingerprint density at radius 1 is 1.35 bits per heavy atom. The van der Waals surface area contributed by atoms with Crippen LogP contribution in [0.25, 0.3) is 11.3 Å². The van der Waals surface area contributed by atoms with E-state index in [4.69, 9.17) is 4.74 Å². The van der Waals surface area contributed by atoms with Crippen molar-refractivity contribution in [2.24, 2.45) is 5.92 Å². The van der Waals surface area contributed by atoms with Crippen LogP contribution in [-0.2, 0) is 4.74 Å². The smallest absolute Gasteiger partial charge is 0.352 e. The van der Waals surface area contributed by atoms with E-state index in [1.165, 1.54) is 0 Å². The van der Waals surface area contributed by atoms with E-state index in [1.807, 2.05) is 30.3 Å². The van der Waals surface area contributed by atoms with E-state index >= 15 is 0 Å². The zero-order valence-corrected chi connectivity index (χ0v) is 12.5. The summed E-state index contributed by atoms with van der Waals surface area (Å²) in [5.41, 5.74) is 1.49. The molecule has 0 bridgehead atoms. The van der Waals surface area contributed by atoms with Gasteiger partial charge in [0.05, 0.1) is 6.61 Å². The Balaban J connectivity index is 2.03. The van der Waals surface area contributed by atoms with Crippen molar-refractivity contribution < 1.29 is 9.53 Å². The normalized spacial score (nSPS) is 12.1.